The van der Waals surface area contributed by atoms with Crippen LogP contribution in [0.15, 0.2) is 0 Å². The fraction of sp³-hybridized carbons (Fsp3) is 0.933. The van der Waals surface area contributed by atoms with Crippen molar-refractivity contribution < 1.29 is 9.90 Å². The molecule has 2 fully saturated rings. The summed E-state index contributed by atoms with van der Waals surface area (Å²) in [7, 11) is 0. The number of rotatable bonds is 4. The first-order valence-corrected chi connectivity index (χ1v) is 7.80. The van der Waals surface area contributed by atoms with Gasteiger partial charge in [-0.05, 0) is 44.4 Å². The Morgan fingerprint density at radius 1 is 1.32 bits per heavy atom. The Labute approximate surface area is 116 Å². The molecule has 2 unspecified atom stereocenters. The maximum absolute atomic E-state index is 12.1. The van der Waals surface area contributed by atoms with Crippen LogP contribution in [0.5, 0.6) is 0 Å². The minimum absolute atomic E-state index is 0.00507. The van der Waals surface area contributed by atoms with E-state index in [1.807, 2.05) is 0 Å². The van der Waals surface area contributed by atoms with Gasteiger partial charge >= 0.3 is 0 Å². The fourth-order valence-electron chi connectivity index (χ4n) is 3.50. The number of carbonyl (C=O) groups excluding carboxylic acids is 1. The molecule has 0 aliphatic heterocycles. The van der Waals surface area contributed by atoms with Crippen LogP contribution in [0.4, 0.5) is 0 Å². The molecule has 4 nitrogen and oxygen atoms in total. The van der Waals surface area contributed by atoms with Crippen LogP contribution in [-0.2, 0) is 4.79 Å². The number of hydrogen-bond donors (Lipinski definition) is 3. The zero-order valence-electron chi connectivity index (χ0n) is 12.0. The highest BCUT2D eigenvalue weighted by Gasteiger charge is 2.35. The predicted octanol–water partition coefficient (Wildman–Crippen LogP) is 1.56. The Bertz CT molecular complexity index is 311. The molecule has 4 N–H and O–H groups in total. The Hall–Kier alpha value is -0.610. The van der Waals surface area contributed by atoms with E-state index < -0.39 is 5.60 Å². The second kappa shape index (κ2) is 6.23. The van der Waals surface area contributed by atoms with Gasteiger partial charge in [0.15, 0.2) is 0 Å². The standard InChI is InChI=1S/C15H28N2O2/c1-2-11-6-8-15(19,9-7-11)10-17-14(18)12-4-3-5-13(12)16/h11-13,19H,2-10,16H2,1H3,(H,17,18). The Morgan fingerprint density at radius 2 is 2.00 bits per heavy atom. The monoisotopic (exact) mass is 268 g/mol. The molecule has 1 amide bonds. The van der Waals surface area contributed by atoms with Crippen LogP contribution in [0.1, 0.15) is 58.3 Å². The molecule has 0 saturated heterocycles. The molecule has 4 heteroatoms. The van der Waals surface area contributed by atoms with Crippen LogP contribution in [0, 0.1) is 11.8 Å². The molecule has 0 aromatic heterocycles. The second-order valence-electron chi connectivity index (χ2n) is 6.50. The van der Waals surface area contributed by atoms with Crippen LogP contribution < -0.4 is 11.1 Å². The zero-order valence-corrected chi connectivity index (χ0v) is 12.0. The van der Waals surface area contributed by atoms with Crippen molar-refractivity contribution in [2.75, 3.05) is 6.54 Å². The van der Waals surface area contributed by atoms with E-state index in [2.05, 4.69) is 12.2 Å². The maximum Gasteiger partial charge on any atom is 0.224 e. The lowest BCUT2D eigenvalue weighted by atomic mass is 9.78. The summed E-state index contributed by atoms with van der Waals surface area (Å²) in [4.78, 5) is 12.1. The number of hydrogen-bond acceptors (Lipinski definition) is 3. The predicted molar refractivity (Wildman–Crippen MR) is 75.5 cm³/mol. The van der Waals surface area contributed by atoms with Crippen molar-refractivity contribution in [1.82, 2.24) is 5.32 Å². The Morgan fingerprint density at radius 3 is 2.53 bits per heavy atom. The molecule has 0 heterocycles. The molecule has 2 atom stereocenters. The van der Waals surface area contributed by atoms with Gasteiger partial charge in [-0.25, -0.2) is 0 Å². The minimum Gasteiger partial charge on any atom is -0.388 e. The van der Waals surface area contributed by atoms with Gasteiger partial charge in [0.1, 0.15) is 0 Å². The smallest absolute Gasteiger partial charge is 0.224 e. The third kappa shape index (κ3) is 3.69. The van der Waals surface area contributed by atoms with Gasteiger partial charge in [-0.15, -0.1) is 0 Å². The fourth-order valence-corrected chi connectivity index (χ4v) is 3.50. The molecule has 2 rings (SSSR count). The molecule has 0 aromatic carbocycles. The summed E-state index contributed by atoms with van der Waals surface area (Å²) < 4.78 is 0. The lowest BCUT2D eigenvalue weighted by Crippen LogP contribution is -2.48. The zero-order chi connectivity index (χ0) is 13.9. The summed E-state index contributed by atoms with van der Waals surface area (Å²) in [6.45, 7) is 2.60. The largest absolute Gasteiger partial charge is 0.388 e. The van der Waals surface area contributed by atoms with E-state index in [0.717, 1.165) is 50.9 Å². The van der Waals surface area contributed by atoms with Crippen molar-refractivity contribution in [3.05, 3.63) is 0 Å². The first-order valence-electron chi connectivity index (χ1n) is 7.80. The van der Waals surface area contributed by atoms with Gasteiger partial charge < -0.3 is 16.2 Å². The van der Waals surface area contributed by atoms with Gasteiger partial charge in [0.2, 0.25) is 5.91 Å². The van der Waals surface area contributed by atoms with E-state index in [-0.39, 0.29) is 17.9 Å². The van der Waals surface area contributed by atoms with E-state index in [0.29, 0.717) is 6.54 Å². The quantitative estimate of drug-likeness (QED) is 0.724. The van der Waals surface area contributed by atoms with Crippen LogP contribution in [-0.4, -0.2) is 29.2 Å². The highest BCUT2D eigenvalue weighted by Crippen LogP contribution is 2.33. The number of nitrogens with two attached hydrogens (primary N) is 1. The summed E-state index contributed by atoms with van der Waals surface area (Å²) in [5, 5.41) is 13.4. The number of aliphatic hydroxyl groups is 1. The summed E-state index contributed by atoms with van der Waals surface area (Å²) >= 11 is 0. The van der Waals surface area contributed by atoms with Gasteiger partial charge in [0, 0.05) is 12.6 Å². The van der Waals surface area contributed by atoms with Crippen molar-refractivity contribution >= 4 is 5.91 Å². The van der Waals surface area contributed by atoms with E-state index in [4.69, 9.17) is 5.73 Å². The van der Waals surface area contributed by atoms with Crippen molar-refractivity contribution in [3.63, 3.8) is 0 Å². The highest BCUT2D eigenvalue weighted by atomic mass is 16.3. The molecule has 0 radical (unpaired) electrons. The molecule has 19 heavy (non-hydrogen) atoms. The van der Waals surface area contributed by atoms with Gasteiger partial charge in [-0.3, -0.25) is 4.79 Å². The van der Waals surface area contributed by atoms with Crippen molar-refractivity contribution in [2.24, 2.45) is 17.6 Å². The average Bonchev–Trinajstić information content (AvgIpc) is 2.83. The number of nitrogens with one attached hydrogen (secondary N) is 1. The van der Waals surface area contributed by atoms with Crippen molar-refractivity contribution in [1.29, 1.82) is 0 Å². The Balaban J connectivity index is 1.77. The third-order valence-corrected chi connectivity index (χ3v) is 5.11. The topological polar surface area (TPSA) is 75.3 Å². The van der Waals surface area contributed by atoms with Crippen LogP contribution in [0.2, 0.25) is 0 Å². The highest BCUT2D eigenvalue weighted by molar-refractivity contribution is 5.79. The number of carbonyl (C=O) groups is 1. The first kappa shape index (κ1) is 14.8. The van der Waals surface area contributed by atoms with Crippen molar-refractivity contribution in [2.45, 2.75) is 69.9 Å². The van der Waals surface area contributed by atoms with Gasteiger partial charge in [0.05, 0.1) is 11.5 Å². The average molecular weight is 268 g/mol. The lowest BCUT2D eigenvalue weighted by molar-refractivity contribution is -0.127. The summed E-state index contributed by atoms with van der Waals surface area (Å²) in [5.41, 5.74) is 5.24. The first-order chi connectivity index (χ1) is 9.04. The van der Waals surface area contributed by atoms with E-state index in [9.17, 15) is 9.90 Å². The van der Waals surface area contributed by atoms with E-state index in [1.165, 1.54) is 6.42 Å². The summed E-state index contributed by atoms with van der Waals surface area (Å²) in [6.07, 6.45) is 7.84. The molecular weight excluding hydrogens is 240 g/mol. The summed E-state index contributed by atoms with van der Waals surface area (Å²) in [6, 6.07) is 0.00507. The normalized spacial score (nSPS) is 39.2. The van der Waals surface area contributed by atoms with E-state index >= 15 is 0 Å². The van der Waals surface area contributed by atoms with E-state index in [1.54, 1.807) is 0 Å². The van der Waals surface area contributed by atoms with Gasteiger partial charge in [-0.2, -0.15) is 0 Å². The molecule has 0 spiro atoms. The molecular formula is C15H28N2O2. The van der Waals surface area contributed by atoms with Crippen LogP contribution in [0.25, 0.3) is 0 Å². The minimum atomic E-state index is -0.690. The molecule has 0 aromatic rings. The maximum atomic E-state index is 12.1. The van der Waals surface area contributed by atoms with Gasteiger partial charge in [0.25, 0.3) is 0 Å². The van der Waals surface area contributed by atoms with Gasteiger partial charge in [-0.1, -0.05) is 19.8 Å². The summed E-state index contributed by atoms with van der Waals surface area (Å²) in [5.74, 6) is 0.742. The Kier molecular flexibility index (Phi) is 4.85. The van der Waals surface area contributed by atoms with Crippen LogP contribution in [0.3, 0.4) is 0 Å². The van der Waals surface area contributed by atoms with Crippen LogP contribution >= 0.6 is 0 Å². The number of amides is 1. The molecule has 0 bridgehead atoms. The third-order valence-electron chi connectivity index (χ3n) is 5.11. The molecule has 2 aliphatic rings. The molecule has 2 aliphatic carbocycles. The lowest BCUT2D eigenvalue weighted by Gasteiger charge is -2.36. The molecule has 110 valence electrons. The molecule has 2 saturated carbocycles. The van der Waals surface area contributed by atoms with Crippen molar-refractivity contribution in [3.8, 4) is 0 Å². The second-order valence-corrected chi connectivity index (χ2v) is 6.50. The SMILES string of the molecule is CCC1CCC(O)(CNC(=O)C2CCCC2N)CC1.